The van der Waals surface area contributed by atoms with Gasteiger partial charge >= 0.3 is 0 Å². The van der Waals surface area contributed by atoms with Crippen LogP contribution in [0.5, 0.6) is 0 Å². The number of aromatic nitrogens is 3. The highest BCUT2D eigenvalue weighted by atomic mass is 19.1. The Hall–Kier alpha value is -2.57. The van der Waals surface area contributed by atoms with Crippen molar-refractivity contribution >= 4 is 0 Å². The highest BCUT2D eigenvalue weighted by Crippen LogP contribution is 2.23. The van der Waals surface area contributed by atoms with Crippen molar-refractivity contribution in [2.75, 3.05) is 19.6 Å². The first-order valence-electron chi connectivity index (χ1n) is 8.44. The molecule has 1 N–H and O–H groups in total. The van der Waals surface area contributed by atoms with Gasteiger partial charge in [-0.15, -0.1) is 0 Å². The van der Waals surface area contributed by atoms with E-state index in [-0.39, 0.29) is 5.82 Å². The van der Waals surface area contributed by atoms with Crippen LogP contribution in [-0.2, 0) is 6.54 Å². The maximum atomic E-state index is 13.1. The highest BCUT2D eigenvalue weighted by Gasteiger charge is 2.24. The fraction of sp³-hybridized carbons (Fsp3) is 0.263. The van der Waals surface area contributed by atoms with Crippen molar-refractivity contribution < 1.29 is 4.39 Å². The van der Waals surface area contributed by atoms with Gasteiger partial charge in [-0.3, -0.25) is 9.88 Å². The van der Waals surface area contributed by atoms with Crippen molar-refractivity contribution in [2.24, 2.45) is 0 Å². The zero-order chi connectivity index (χ0) is 17.1. The molecule has 0 saturated carbocycles. The molecule has 0 amide bonds. The van der Waals surface area contributed by atoms with Crippen LogP contribution in [0.15, 0.2) is 61.2 Å². The maximum absolute atomic E-state index is 13.1. The van der Waals surface area contributed by atoms with Crippen molar-refractivity contribution in [1.29, 1.82) is 0 Å². The van der Waals surface area contributed by atoms with Gasteiger partial charge in [0.2, 0.25) is 0 Å². The summed E-state index contributed by atoms with van der Waals surface area (Å²) in [4.78, 5) is 6.69. The van der Waals surface area contributed by atoms with E-state index in [1.165, 1.54) is 17.7 Å². The lowest BCUT2D eigenvalue weighted by Gasteiger charge is -2.36. The van der Waals surface area contributed by atoms with Crippen LogP contribution >= 0.6 is 0 Å². The van der Waals surface area contributed by atoms with Gasteiger partial charge in [0.1, 0.15) is 5.82 Å². The number of hydrogen-bond donors (Lipinski definition) is 1. The summed E-state index contributed by atoms with van der Waals surface area (Å²) in [5.74, 6) is -0.240. The van der Waals surface area contributed by atoms with E-state index in [0.717, 1.165) is 37.4 Å². The van der Waals surface area contributed by atoms with Crippen molar-refractivity contribution in [1.82, 2.24) is 25.0 Å². The van der Waals surface area contributed by atoms with E-state index in [9.17, 15) is 4.39 Å². The lowest BCUT2D eigenvalue weighted by molar-refractivity contribution is 0.153. The molecule has 0 radical (unpaired) electrons. The molecular formula is C19H20FN5. The quantitative estimate of drug-likeness (QED) is 0.795. The van der Waals surface area contributed by atoms with Crippen LogP contribution in [-0.4, -0.2) is 39.3 Å². The van der Waals surface area contributed by atoms with Gasteiger partial charge in [-0.2, -0.15) is 5.10 Å². The Morgan fingerprint density at radius 3 is 2.84 bits per heavy atom. The standard InChI is InChI=1S/C19H20FN5/c20-17-3-5-18(6-4-17)25-14-15(10-23-25)13-24-9-8-22-12-19(24)16-2-1-7-21-11-16/h1-7,10-11,14,19,22H,8-9,12-13H2. The average molecular weight is 337 g/mol. The molecule has 3 aromatic rings. The maximum Gasteiger partial charge on any atom is 0.123 e. The van der Waals surface area contributed by atoms with Crippen molar-refractivity contribution in [3.63, 3.8) is 0 Å². The van der Waals surface area contributed by atoms with E-state index in [1.807, 2.05) is 24.7 Å². The molecule has 25 heavy (non-hydrogen) atoms. The number of benzene rings is 1. The topological polar surface area (TPSA) is 46.0 Å². The molecule has 0 spiro atoms. The molecule has 6 heteroatoms. The van der Waals surface area contributed by atoms with Crippen molar-refractivity contribution in [3.8, 4) is 5.69 Å². The van der Waals surface area contributed by atoms with Crippen LogP contribution in [0, 0.1) is 5.82 Å². The summed E-state index contributed by atoms with van der Waals surface area (Å²) in [7, 11) is 0. The molecule has 1 saturated heterocycles. The molecule has 128 valence electrons. The summed E-state index contributed by atoms with van der Waals surface area (Å²) in [5.41, 5.74) is 3.22. The van der Waals surface area contributed by atoms with Crippen LogP contribution in [0.4, 0.5) is 4.39 Å². The van der Waals surface area contributed by atoms with Crippen molar-refractivity contribution in [2.45, 2.75) is 12.6 Å². The molecule has 5 nitrogen and oxygen atoms in total. The lowest BCUT2D eigenvalue weighted by atomic mass is 10.0. The third kappa shape index (κ3) is 3.60. The highest BCUT2D eigenvalue weighted by molar-refractivity contribution is 5.31. The molecule has 3 heterocycles. The molecule has 1 aliphatic rings. The first-order chi connectivity index (χ1) is 12.3. The second-order valence-electron chi connectivity index (χ2n) is 6.25. The normalized spacial score (nSPS) is 18.4. The number of piperazine rings is 1. The van der Waals surface area contributed by atoms with Gasteiger partial charge < -0.3 is 5.32 Å². The first kappa shape index (κ1) is 15.9. The van der Waals surface area contributed by atoms with E-state index in [2.05, 4.69) is 26.4 Å². The minimum atomic E-state index is -0.240. The Kier molecular flexibility index (Phi) is 4.54. The molecular weight excluding hydrogens is 317 g/mol. The van der Waals surface area contributed by atoms with Crippen LogP contribution in [0.1, 0.15) is 17.2 Å². The molecule has 1 aliphatic heterocycles. The summed E-state index contributed by atoms with van der Waals surface area (Å²) in [6.07, 6.45) is 7.63. The molecule has 1 fully saturated rings. The van der Waals surface area contributed by atoms with E-state index in [0.29, 0.717) is 6.04 Å². The van der Waals surface area contributed by atoms with Gasteiger partial charge in [-0.05, 0) is 35.9 Å². The molecule has 0 aliphatic carbocycles. The lowest BCUT2D eigenvalue weighted by Crippen LogP contribution is -2.45. The fourth-order valence-electron chi connectivity index (χ4n) is 3.25. The Labute approximate surface area is 146 Å². The van der Waals surface area contributed by atoms with E-state index < -0.39 is 0 Å². The summed E-state index contributed by atoms with van der Waals surface area (Å²) in [6, 6.07) is 10.8. The van der Waals surface area contributed by atoms with Crippen LogP contribution in [0.3, 0.4) is 0 Å². The number of rotatable bonds is 4. The summed E-state index contributed by atoms with van der Waals surface area (Å²) >= 11 is 0. The van der Waals surface area contributed by atoms with E-state index in [4.69, 9.17) is 0 Å². The van der Waals surface area contributed by atoms with Crippen molar-refractivity contribution in [3.05, 3.63) is 78.1 Å². The van der Waals surface area contributed by atoms with Crippen LogP contribution in [0.2, 0.25) is 0 Å². The molecule has 0 bridgehead atoms. The monoisotopic (exact) mass is 337 g/mol. The largest absolute Gasteiger partial charge is 0.314 e. The number of nitrogens with zero attached hydrogens (tertiary/aromatic N) is 4. The Morgan fingerprint density at radius 1 is 1.16 bits per heavy atom. The number of hydrogen-bond acceptors (Lipinski definition) is 4. The zero-order valence-corrected chi connectivity index (χ0v) is 13.8. The molecule has 1 aromatic carbocycles. The Morgan fingerprint density at radius 2 is 2.04 bits per heavy atom. The fourth-order valence-corrected chi connectivity index (χ4v) is 3.25. The molecule has 1 atom stereocenters. The van der Waals surface area contributed by atoms with Crippen LogP contribution < -0.4 is 5.32 Å². The molecule has 4 rings (SSSR count). The molecule has 2 aromatic heterocycles. The minimum absolute atomic E-state index is 0.240. The zero-order valence-electron chi connectivity index (χ0n) is 13.8. The minimum Gasteiger partial charge on any atom is -0.314 e. The summed E-state index contributed by atoms with van der Waals surface area (Å²) in [5, 5.41) is 7.88. The predicted octanol–water partition coefficient (Wildman–Crippen LogP) is 2.55. The van der Waals surface area contributed by atoms with E-state index in [1.54, 1.807) is 23.0 Å². The van der Waals surface area contributed by atoms with Gasteiger partial charge in [0.05, 0.1) is 11.9 Å². The van der Waals surface area contributed by atoms with E-state index >= 15 is 0 Å². The SMILES string of the molecule is Fc1ccc(-n2cc(CN3CCNCC3c3cccnc3)cn2)cc1. The number of pyridine rings is 1. The summed E-state index contributed by atoms with van der Waals surface area (Å²) < 4.78 is 14.9. The second-order valence-corrected chi connectivity index (χ2v) is 6.25. The Balaban J connectivity index is 1.51. The third-order valence-corrected chi connectivity index (χ3v) is 4.54. The third-order valence-electron chi connectivity index (χ3n) is 4.54. The number of halogens is 1. The average Bonchev–Trinajstić information content (AvgIpc) is 3.12. The predicted molar refractivity (Wildman–Crippen MR) is 93.8 cm³/mol. The van der Waals surface area contributed by atoms with Gasteiger partial charge in [-0.25, -0.2) is 9.07 Å². The van der Waals surface area contributed by atoms with Gasteiger partial charge in [-0.1, -0.05) is 6.07 Å². The second kappa shape index (κ2) is 7.13. The van der Waals surface area contributed by atoms with Gasteiger partial charge in [0, 0.05) is 56.4 Å². The smallest absolute Gasteiger partial charge is 0.123 e. The van der Waals surface area contributed by atoms with Gasteiger partial charge in [0.15, 0.2) is 0 Å². The Bertz CT molecular complexity index is 815. The summed E-state index contributed by atoms with van der Waals surface area (Å²) in [6.45, 7) is 3.68. The first-order valence-corrected chi connectivity index (χ1v) is 8.44. The number of nitrogens with one attached hydrogen (secondary N) is 1. The van der Waals surface area contributed by atoms with Crippen LogP contribution in [0.25, 0.3) is 5.69 Å². The van der Waals surface area contributed by atoms with Gasteiger partial charge in [0.25, 0.3) is 0 Å². The molecule has 1 unspecified atom stereocenters.